The number of aromatic nitrogens is 1. The number of amides is 1. The topological polar surface area (TPSA) is 71.5 Å². The lowest BCUT2D eigenvalue weighted by molar-refractivity contribution is 0.102. The smallest absolute Gasteiger partial charge is 0.261 e. The van der Waals surface area contributed by atoms with Crippen LogP contribution in [-0.4, -0.2) is 29.7 Å². The van der Waals surface area contributed by atoms with Gasteiger partial charge >= 0.3 is 0 Å². The molecule has 5 heteroatoms. The van der Waals surface area contributed by atoms with Crippen molar-refractivity contribution in [3.05, 3.63) is 53.7 Å². The van der Waals surface area contributed by atoms with E-state index in [1.165, 1.54) is 7.11 Å². The van der Waals surface area contributed by atoms with Crippen molar-refractivity contribution in [2.45, 2.75) is 6.42 Å². The SMILES string of the molecule is COc1ncccc1C(=O)Nc1ccc(CCO)cc1. The molecule has 0 saturated carbocycles. The molecule has 0 aliphatic carbocycles. The molecule has 1 aromatic heterocycles. The third kappa shape index (κ3) is 3.33. The number of rotatable bonds is 5. The Morgan fingerprint density at radius 2 is 2.05 bits per heavy atom. The molecule has 2 aromatic rings. The Morgan fingerprint density at radius 1 is 1.30 bits per heavy atom. The number of anilines is 1. The van der Waals surface area contributed by atoms with Crippen LogP contribution in [-0.2, 0) is 6.42 Å². The van der Waals surface area contributed by atoms with Crippen LogP contribution < -0.4 is 10.1 Å². The monoisotopic (exact) mass is 272 g/mol. The van der Waals surface area contributed by atoms with Crippen LogP contribution >= 0.6 is 0 Å². The fourth-order valence-electron chi connectivity index (χ4n) is 1.81. The maximum atomic E-state index is 12.1. The average molecular weight is 272 g/mol. The number of hydrogen-bond acceptors (Lipinski definition) is 4. The van der Waals surface area contributed by atoms with Crippen LogP contribution in [0.4, 0.5) is 5.69 Å². The molecule has 1 heterocycles. The average Bonchev–Trinajstić information content (AvgIpc) is 2.49. The van der Waals surface area contributed by atoms with Crippen molar-refractivity contribution in [2.75, 3.05) is 19.0 Å². The van der Waals surface area contributed by atoms with Gasteiger partial charge in [0.05, 0.1) is 7.11 Å². The summed E-state index contributed by atoms with van der Waals surface area (Å²) in [5, 5.41) is 11.6. The Labute approximate surface area is 117 Å². The van der Waals surface area contributed by atoms with Crippen molar-refractivity contribution in [1.29, 1.82) is 0 Å². The normalized spacial score (nSPS) is 10.1. The van der Waals surface area contributed by atoms with E-state index in [1.54, 1.807) is 30.5 Å². The summed E-state index contributed by atoms with van der Waals surface area (Å²) in [6.07, 6.45) is 2.17. The molecule has 0 fully saturated rings. The van der Waals surface area contributed by atoms with Gasteiger partial charge in [-0.1, -0.05) is 12.1 Å². The summed E-state index contributed by atoms with van der Waals surface area (Å²) in [7, 11) is 1.47. The first-order chi connectivity index (χ1) is 9.74. The van der Waals surface area contributed by atoms with E-state index in [0.29, 0.717) is 23.6 Å². The van der Waals surface area contributed by atoms with Gasteiger partial charge in [0.25, 0.3) is 5.91 Å². The van der Waals surface area contributed by atoms with Gasteiger partial charge in [0.1, 0.15) is 5.56 Å². The molecule has 104 valence electrons. The van der Waals surface area contributed by atoms with E-state index in [9.17, 15) is 4.79 Å². The first kappa shape index (κ1) is 14.0. The van der Waals surface area contributed by atoms with Crippen molar-refractivity contribution in [3.8, 4) is 5.88 Å². The molecule has 1 aromatic carbocycles. The second kappa shape index (κ2) is 6.68. The minimum absolute atomic E-state index is 0.110. The molecule has 2 N–H and O–H groups in total. The van der Waals surface area contributed by atoms with Gasteiger partial charge in [-0.15, -0.1) is 0 Å². The molecule has 0 atom stereocenters. The molecule has 0 aliphatic rings. The quantitative estimate of drug-likeness (QED) is 0.871. The number of nitrogens with one attached hydrogen (secondary N) is 1. The molecular weight excluding hydrogens is 256 g/mol. The number of methoxy groups -OCH3 is 1. The minimum Gasteiger partial charge on any atom is -0.480 e. The third-order valence-corrected chi connectivity index (χ3v) is 2.82. The van der Waals surface area contributed by atoms with Gasteiger partial charge < -0.3 is 15.2 Å². The first-order valence-electron chi connectivity index (χ1n) is 6.24. The van der Waals surface area contributed by atoms with E-state index in [0.717, 1.165) is 5.56 Å². The van der Waals surface area contributed by atoms with Gasteiger partial charge in [0, 0.05) is 18.5 Å². The van der Waals surface area contributed by atoms with Crippen molar-refractivity contribution in [1.82, 2.24) is 4.98 Å². The molecule has 0 saturated heterocycles. The van der Waals surface area contributed by atoms with E-state index < -0.39 is 0 Å². The van der Waals surface area contributed by atoms with E-state index >= 15 is 0 Å². The zero-order valence-corrected chi connectivity index (χ0v) is 11.2. The Hall–Kier alpha value is -2.40. The van der Waals surface area contributed by atoms with Gasteiger partial charge in [-0.25, -0.2) is 4.98 Å². The zero-order chi connectivity index (χ0) is 14.4. The summed E-state index contributed by atoms with van der Waals surface area (Å²) in [5.41, 5.74) is 2.08. The Morgan fingerprint density at radius 3 is 2.70 bits per heavy atom. The highest BCUT2D eigenvalue weighted by molar-refractivity contribution is 6.05. The predicted octanol–water partition coefficient (Wildman–Crippen LogP) is 1.88. The first-order valence-corrected chi connectivity index (χ1v) is 6.24. The zero-order valence-electron chi connectivity index (χ0n) is 11.2. The van der Waals surface area contributed by atoms with Crippen molar-refractivity contribution < 1.29 is 14.6 Å². The van der Waals surface area contributed by atoms with Crippen LogP contribution in [0.15, 0.2) is 42.6 Å². The number of hydrogen-bond donors (Lipinski definition) is 2. The fourth-order valence-corrected chi connectivity index (χ4v) is 1.81. The van der Waals surface area contributed by atoms with Crippen LogP contribution in [0.5, 0.6) is 5.88 Å². The summed E-state index contributed by atoms with van der Waals surface area (Å²) >= 11 is 0. The maximum absolute atomic E-state index is 12.1. The highest BCUT2D eigenvalue weighted by Gasteiger charge is 2.12. The van der Waals surface area contributed by atoms with E-state index in [1.807, 2.05) is 12.1 Å². The standard InChI is InChI=1S/C15H16N2O3/c1-20-15-13(3-2-9-16-15)14(19)17-12-6-4-11(5-7-12)8-10-18/h2-7,9,18H,8,10H2,1H3,(H,17,19). The van der Waals surface area contributed by atoms with Gasteiger partial charge in [0.2, 0.25) is 5.88 Å². The number of nitrogens with zero attached hydrogens (tertiary/aromatic N) is 1. The van der Waals surface area contributed by atoms with E-state index in [4.69, 9.17) is 9.84 Å². The lowest BCUT2D eigenvalue weighted by Gasteiger charge is -2.08. The summed E-state index contributed by atoms with van der Waals surface area (Å²) in [5.74, 6) is 0.0201. The summed E-state index contributed by atoms with van der Waals surface area (Å²) < 4.78 is 5.06. The molecule has 0 radical (unpaired) electrons. The number of aliphatic hydroxyl groups is 1. The van der Waals surface area contributed by atoms with Crippen LogP contribution in [0, 0.1) is 0 Å². The van der Waals surface area contributed by atoms with Crippen molar-refractivity contribution in [3.63, 3.8) is 0 Å². The van der Waals surface area contributed by atoms with Gasteiger partial charge in [-0.2, -0.15) is 0 Å². The molecule has 0 spiro atoms. The van der Waals surface area contributed by atoms with Crippen LogP contribution in [0.25, 0.3) is 0 Å². The molecule has 0 aliphatic heterocycles. The van der Waals surface area contributed by atoms with Crippen LogP contribution in [0.2, 0.25) is 0 Å². The Kier molecular flexibility index (Phi) is 4.68. The Bertz CT molecular complexity index is 582. The maximum Gasteiger partial charge on any atom is 0.261 e. The lowest BCUT2D eigenvalue weighted by Crippen LogP contribution is -2.13. The number of benzene rings is 1. The second-order valence-electron chi connectivity index (χ2n) is 4.18. The number of carbonyl (C=O) groups is 1. The van der Waals surface area contributed by atoms with Crippen LogP contribution in [0.3, 0.4) is 0 Å². The minimum atomic E-state index is -0.273. The number of pyridine rings is 1. The molecule has 0 bridgehead atoms. The highest BCUT2D eigenvalue weighted by Crippen LogP contribution is 2.17. The number of aliphatic hydroxyl groups excluding tert-OH is 1. The molecule has 5 nitrogen and oxygen atoms in total. The van der Waals surface area contributed by atoms with Gasteiger partial charge in [-0.05, 0) is 36.2 Å². The highest BCUT2D eigenvalue weighted by atomic mass is 16.5. The Balaban J connectivity index is 2.11. The van der Waals surface area contributed by atoms with E-state index in [-0.39, 0.29) is 12.5 Å². The second-order valence-corrected chi connectivity index (χ2v) is 4.18. The number of ether oxygens (including phenoxy) is 1. The van der Waals surface area contributed by atoms with Crippen molar-refractivity contribution >= 4 is 11.6 Å². The van der Waals surface area contributed by atoms with E-state index in [2.05, 4.69) is 10.3 Å². The van der Waals surface area contributed by atoms with Crippen molar-refractivity contribution in [2.24, 2.45) is 0 Å². The molecule has 0 unspecified atom stereocenters. The summed E-state index contributed by atoms with van der Waals surface area (Å²) in [6.45, 7) is 0.110. The van der Waals surface area contributed by atoms with Gasteiger partial charge in [0.15, 0.2) is 0 Å². The third-order valence-electron chi connectivity index (χ3n) is 2.82. The number of carbonyl (C=O) groups excluding carboxylic acids is 1. The molecule has 20 heavy (non-hydrogen) atoms. The fraction of sp³-hybridized carbons (Fsp3) is 0.200. The summed E-state index contributed by atoms with van der Waals surface area (Å²) in [6, 6.07) is 10.7. The predicted molar refractivity (Wildman–Crippen MR) is 76.0 cm³/mol. The lowest BCUT2D eigenvalue weighted by atomic mass is 10.1. The van der Waals surface area contributed by atoms with Gasteiger partial charge in [-0.3, -0.25) is 4.79 Å². The molecular formula is C15H16N2O3. The largest absolute Gasteiger partial charge is 0.480 e. The molecule has 2 rings (SSSR count). The summed E-state index contributed by atoms with van der Waals surface area (Å²) in [4.78, 5) is 16.1. The molecule has 1 amide bonds. The van der Waals surface area contributed by atoms with Crippen LogP contribution in [0.1, 0.15) is 15.9 Å².